The van der Waals surface area contributed by atoms with Crippen molar-refractivity contribution < 1.29 is 4.79 Å². The van der Waals surface area contributed by atoms with Crippen LogP contribution in [0.25, 0.3) is 11.3 Å². The van der Waals surface area contributed by atoms with Gasteiger partial charge >= 0.3 is 0 Å². The van der Waals surface area contributed by atoms with Gasteiger partial charge in [0, 0.05) is 35.8 Å². The second kappa shape index (κ2) is 7.90. The molecule has 0 aromatic carbocycles. The Labute approximate surface area is 151 Å². The van der Waals surface area contributed by atoms with Crippen LogP contribution in [0.15, 0.2) is 41.6 Å². The van der Waals surface area contributed by atoms with Crippen molar-refractivity contribution in [2.24, 2.45) is 0 Å². The first kappa shape index (κ1) is 17.8. The number of nitrogens with one attached hydrogen (secondary N) is 2. The molecule has 2 aromatic rings. The van der Waals surface area contributed by atoms with E-state index in [1.54, 1.807) is 18.5 Å². The van der Waals surface area contributed by atoms with E-state index in [1.807, 2.05) is 6.92 Å². The van der Waals surface area contributed by atoms with Crippen LogP contribution in [0.5, 0.6) is 0 Å². The molecule has 1 amide bonds. The third-order valence-electron chi connectivity index (χ3n) is 4.29. The average Bonchev–Trinajstić information content (AvgIpc) is 2.61. The van der Waals surface area contributed by atoms with E-state index in [2.05, 4.69) is 32.3 Å². The Balaban J connectivity index is 1.72. The summed E-state index contributed by atoms with van der Waals surface area (Å²) in [5, 5.41) is 10.2. The zero-order chi connectivity index (χ0) is 18.5. The summed E-state index contributed by atoms with van der Waals surface area (Å²) in [4.78, 5) is 32.5. The van der Waals surface area contributed by atoms with Gasteiger partial charge in [0.1, 0.15) is 6.54 Å². The lowest BCUT2D eigenvalue weighted by atomic mass is 9.93. The Bertz CT molecular complexity index is 855. The van der Waals surface area contributed by atoms with Crippen LogP contribution in [0.4, 0.5) is 5.95 Å². The number of hydrogen-bond donors (Lipinski definition) is 2. The van der Waals surface area contributed by atoms with Crippen molar-refractivity contribution in [2.45, 2.75) is 45.2 Å². The standard InChI is InChI=1S/C18H22N6O2/c1-3-12(2)21-18-19-9-13(10-20-18)15-7-8-17(26)24(23-15)11-16(25)22-14-5-4-6-14/h7-10,14H,2-6,11H2,1H3,(H,22,25)(H,19,20,21). The zero-order valence-electron chi connectivity index (χ0n) is 14.7. The molecular formula is C18H22N6O2. The van der Waals surface area contributed by atoms with Gasteiger partial charge in [-0.15, -0.1) is 0 Å². The minimum Gasteiger partial charge on any atom is -0.352 e. The summed E-state index contributed by atoms with van der Waals surface area (Å²) in [7, 11) is 0. The molecule has 136 valence electrons. The van der Waals surface area contributed by atoms with Crippen molar-refractivity contribution in [3.8, 4) is 11.3 Å². The summed E-state index contributed by atoms with van der Waals surface area (Å²) in [6.45, 7) is 5.74. The van der Waals surface area contributed by atoms with Crippen LogP contribution in [0, 0.1) is 0 Å². The number of allylic oxidation sites excluding steroid dienone is 1. The Morgan fingerprint density at radius 3 is 2.65 bits per heavy atom. The van der Waals surface area contributed by atoms with E-state index in [-0.39, 0.29) is 24.1 Å². The summed E-state index contributed by atoms with van der Waals surface area (Å²) in [5.41, 5.74) is 1.69. The molecule has 8 heteroatoms. The summed E-state index contributed by atoms with van der Waals surface area (Å²) >= 11 is 0. The number of amides is 1. The van der Waals surface area contributed by atoms with E-state index in [0.29, 0.717) is 17.2 Å². The molecule has 0 spiro atoms. The molecule has 0 radical (unpaired) electrons. The first-order chi connectivity index (χ1) is 12.5. The van der Waals surface area contributed by atoms with Crippen molar-refractivity contribution in [3.63, 3.8) is 0 Å². The molecule has 1 saturated carbocycles. The molecule has 2 N–H and O–H groups in total. The fourth-order valence-corrected chi connectivity index (χ4v) is 2.45. The quantitative estimate of drug-likeness (QED) is 0.785. The van der Waals surface area contributed by atoms with Gasteiger partial charge in [0.15, 0.2) is 0 Å². The number of aromatic nitrogens is 4. The zero-order valence-corrected chi connectivity index (χ0v) is 14.7. The van der Waals surface area contributed by atoms with Crippen LogP contribution in [0.3, 0.4) is 0 Å². The van der Waals surface area contributed by atoms with Crippen molar-refractivity contribution in [3.05, 3.63) is 47.2 Å². The minimum absolute atomic E-state index is 0.0972. The van der Waals surface area contributed by atoms with E-state index >= 15 is 0 Å². The van der Waals surface area contributed by atoms with Gasteiger partial charge in [0.05, 0.1) is 5.69 Å². The fraction of sp³-hybridized carbons (Fsp3) is 0.389. The van der Waals surface area contributed by atoms with E-state index < -0.39 is 0 Å². The monoisotopic (exact) mass is 354 g/mol. The molecule has 0 saturated heterocycles. The molecular weight excluding hydrogens is 332 g/mol. The molecule has 1 aliphatic rings. The molecule has 3 rings (SSSR count). The maximum atomic E-state index is 12.0. The topological polar surface area (TPSA) is 102 Å². The highest BCUT2D eigenvalue weighted by atomic mass is 16.2. The lowest BCUT2D eigenvalue weighted by Gasteiger charge is -2.26. The van der Waals surface area contributed by atoms with Crippen LogP contribution < -0.4 is 16.2 Å². The summed E-state index contributed by atoms with van der Waals surface area (Å²) in [6.07, 6.45) is 7.13. The smallest absolute Gasteiger partial charge is 0.267 e. The average molecular weight is 354 g/mol. The van der Waals surface area contributed by atoms with Crippen LogP contribution in [0.2, 0.25) is 0 Å². The maximum absolute atomic E-state index is 12.0. The van der Waals surface area contributed by atoms with Gasteiger partial charge in [0.25, 0.3) is 5.56 Å². The third-order valence-corrected chi connectivity index (χ3v) is 4.29. The van der Waals surface area contributed by atoms with Crippen LogP contribution in [-0.2, 0) is 11.3 Å². The van der Waals surface area contributed by atoms with Gasteiger partial charge in [-0.05, 0) is 31.7 Å². The second-order valence-corrected chi connectivity index (χ2v) is 6.29. The SMILES string of the molecule is C=C(CC)Nc1ncc(-c2ccc(=O)n(CC(=O)NC3CCC3)n2)cn1. The van der Waals surface area contributed by atoms with Crippen molar-refractivity contribution in [2.75, 3.05) is 5.32 Å². The third kappa shape index (κ3) is 4.33. The van der Waals surface area contributed by atoms with Gasteiger partial charge < -0.3 is 10.6 Å². The van der Waals surface area contributed by atoms with E-state index in [9.17, 15) is 9.59 Å². The molecule has 2 heterocycles. The van der Waals surface area contributed by atoms with Crippen molar-refractivity contribution in [1.82, 2.24) is 25.1 Å². The highest BCUT2D eigenvalue weighted by Gasteiger charge is 2.19. The number of hydrogen-bond acceptors (Lipinski definition) is 6. The lowest BCUT2D eigenvalue weighted by Crippen LogP contribution is -2.42. The lowest BCUT2D eigenvalue weighted by molar-refractivity contribution is -0.123. The maximum Gasteiger partial charge on any atom is 0.267 e. The number of carbonyl (C=O) groups excluding carboxylic acids is 1. The van der Waals surface area contributed by atoms with E-state index in [4.69, 9.17) is 0 Å². The molecule has 8 nitrogen and oxygen atoms in total. The molecule has 1 fully saturated rings. The molecule has 1 aliphatic carbocycles. The number of anilines is 1. The van der Waals surface area contributed by atoms with Crippen molar-refractivity contribution in [1.29, 1.82) is 0 Å². The van der Waals surface area contributed by atoms with E-state index in [1.165, 1.54) is 6.07 Å². The first-order valence-corrected chi connectivity index (χ1v) is 8.70. The minimum atomic E-state index is -0.323. The Morgan fingerprint density at radius 1 is 1.31 bits per heavy atom. The summed E-state index contributed by atoms with van der Waals surface area (Å²) in [6, 6.07) is 3.22. The predicted molar refractivity (Wildman–Crippen MR) is 98.4 cm³/mol. The van der Waals surface area contributed by atoms with Crippen molar-refractivity contribution >= 4 is 11.9 Å². The second-order valence-electron chi connectivity index (χ2n) is 6.29. The Kier molecular flexibility index (Phi) is 5.40. The molecule has 0 bridgehead atoms. The molecule has 0 aliphatic heterocycles. The van der Waals surface area contributed by atoms with Crippen LogP contribution in [0.1, 0.15) is 32.6 Å². The summed E-state index contributed by atoms with van der Waals surface area (Å²) < 4.78 is 1.16. The normalized spacial score (nSPS) is 13.7. The Hall–Kier alpha value is -3.03. The van der Waals surface area contributed by atoms with Gasteiger partial charge in [-0.2, -0.15) is 5.10 Å². The van der Waals surface area contributed by atoms with Crippen LogP contribution in [-0.4, -0.2) is 31.7 Å². The van der Waals surface area contributed by atoms with Gasteiger partial charge in [-0.25, -0.2) is 14.6 Å². The highest BCUT2D eigenvalue weighted by Crippen LogP contribution is 2.18. The van der Waals surface area contributed by atoms with Gasteiger partial charge in [-0.1, -0.05) is 13.5 Å². The van der Waals surface area contributed by atoms with Gasteiger partial charge in [0.2, 0.25) is 11.9 Å². The van der Waals surface area contributed by atoms with Gasteiger partial charge in [-0.3, -0.25) is 9.59 Å². The number of carbonyl (C=O) groups is 1. The Morgan fingerprint density at radius 2 is 2.04 bits per heavy atom. The molecule has 2 aromatic heterocycles. The predicted octanol–water partition coefficient (Wildman–Crippen LogP) is 1.70. The largest absolute Gasteiger partial charge is 0.352 e. The molecule has 0 atom stereocenters. The highest BCUT2D eigenvalue weighted by molar-refractivity contribution is 5.76. The molecule has 0 unspecified atom stereocenters. The first-order valence-electron chi connectivity index (χ1n) is 8.70. The number of rotatable bonds is 7. The molecule has 26 heavy (non-hydrogen) atoms. The summed E-state index contributed by atoms with van der Waals surface area (Å²) in [5.74, 6) is 0.254. The fourth-order valence-electron chi connectivity index (χ4n) is 2.45. The van der Waals surface area contributed by atoms with E-state index in [0.717, 1.165) is 36.1 Å². The number of nitrogens with zero attached hydrogens (tertiary/aromatic N) is 4. The van der Waals surface area contributed by atoms with Crippen LogP contribution >= 0.6 is 0 Å².